The summed E-state index contributed by atoms with van der Waals surface area (Å²) >= 11 is 0. The minimum Gasteiger partial charge on any atom is -0.481 e. The molecule has 0 radical (unpaired) electrons. The molecule has 1 unspecified atom stereocenters. The Bertz CT molecular complexity index is 443. The third kappa shape index (κ3) is 5.72. The van der Waals surface area contributed by atoms with E-state index in [9.17, 15) is 19.2 Å². The van der Waals surface area contributed by atoms with Gasteiger partial charge in [0.05, 0.1) is 31.1 Å². The van der Waals surface area contributed by atoms with Gasteiger partial charge in [-0.3, -0.25) is 19.2 Å². The fourth-order valence-corrected chi connectivity index (χ4v) is 1.43. The van der Waals surface area contributed by atoms with Crippen LogP contribution in [-0.2, 0) is 33.4 Å². The first-order chi connectivity index (χ1) is 9.88. The molecule has 0 aromatic carbocycles. The lowest BCUT2D eigenvalue weighted by atomic mass is 9.89. The van der Waals surface area contributed by atoms with Crippen molar-refractivity contribution in [2.75, 3.05) is 0 Å². The highest BCUT2D eigenvalue weighted by atomic mass is 16.6. The molecule has 0 aromatic heterocycles. The Morgan fingerprint density at radius 2 is 1.24 bits per heavy atom. The van der Waals surface area contributed by atoms with E-state index in [4.69, 9.17) is 5.11 Å². The maximum absolute atomic E-state index is 11.7. The molecular formula is C13H14O8. The van der Waals surface area contributed by atoms with Crippen LogP contribution in [0.1, 0.15) is 6.42 Å². The number of hydrogen-bond acceptors (Lipinski definition) is 7. The Morgan fingerprint density at radius 1 is 0.857 bits per heavy atom. The van der Waals surface area contributed by atoms with Crippen molar-refractivity contribution in [2.45, 2.75) is 6.42 Å². The molecule has 0 heterocycles. The van der Waals surface area contributed by atoms with Gasteiger partial charge in [0, 0.05) is 0 Å². The molecule has 1 N–H and O–H groups in total. The minimum atomic E-state index is -1.84. The molecule has 0 amide bonds. The Hall–Kier alpha value is -2.90. The maximum Gasteiger partial charge on any atom is 0.326 e. The highest BCUT2D eigenvalue weighted by Crippen LogP contribution is 2.22. The molecule has 8 nitrogen and oxygen atoms in total. The molecule has 0 saturated carbocycles. The first-order valence-electron chi connectivity index (χ1n) is 5.55. The van der Waals surface area contributed by atoms with Crippen LogP contribution in [0.25, 0.3) is 0 Å². The van der Waals surface area contributed by atoms with Gasteiger partial charge >= 0.3 is 23.9 Å². The van der Waals surface area contributed by atoms with E-state index < -0.39 is 42.1 Å². The summed E-state index contributed by atoms with van der Waals surface area (Å²) in [4.78, 5) is 46.0. The fraction of sp³-hybridized carbons (Fsp3) is 0.231. The number of rotatable bonds is 9. The number of esters is 3. The molecule has 0 aromatic rings. The van der Waals surface area contributed by atoms with Crippen molar-refractivity contribution in [1.82, 2.24) is 0 Å². The number of carboxylic acid groups (broad SMARTS) is 1. The second-order valence-corrected chi connectivity index (χ2v) is 3.49. The van der Waals surface area contributed by atoms with Gasteiger partial charge in [0.2, 0.25) is 0 Å². The number of carbonyl (C=O) groups excluding carboxylic acids is 3. The lowest BCUT2D eigenvalue weighted by Crippen LogP contribution is -2.38. The number of hydrogen-bond donors (Lipinski definition) is 1. The summed E-state index contributed by atoms with van der Waals surface area (Å²) in [6.07, 6.45) is 1.35. The normalized spacial score (nSPS) is 10.9. The van der Waals surface area contributed by atoms with Crippen molar-refractivity contribution in [2.24, 2.45) is 11.8 Å². The second kappa shape index (κ2) is 9.08. The first kappa shape index (κ1) is 18.1. The van der Waals surface area contributed by atoms with Crippen LogP contribution in [0.5, 0.6) is 0 Å². The summed E-state index contributed by atoms with van der Waals surface area (Å²) in [7, 11) is 0. The van der Waals surface area contributed by atoms with Gasteiger partial charge in [0.25, 0.3) is 0 Å². The Kier molecular flexibility index (Phi) is 7.82. The molecule has 0 aliphatic rings. The summed E-state index contributed by atoms with van der Waals surface area (Å²) in [6, 6.07) is 0. The quantitative estimate of drug-likeness (QED) is 0.287. The molecule has 0 fully saturated rings. The lowest BCUT2D eigenvalue weighted by molar-refractivity contribution is -0.166. The molecule has 114 valence electrons. The van der Waals surface area contributed by atoms with E-state index in [2.05, 4.69) is 33.9 Å². The first-order valence-corrected chi connectivity index (χ1v) is 5.55. The summed E-state index contributed by atoms with van der Waals surface area (Å²) in [5.74, 6) is -8.47. The molecule has 0 spiro atoms. The van der Waals surface area contributed by atoms with Crippen LogP contribution in [-0.4, -0.2) is 29.0 Å². The molecular weight excluding hydrogens is 284 g/mol. The van der Waals surface area contributed by atoms with Crippen molar-refractivity contribution in [3.63, 3.8) is 0 Å². The summed E-state index contributed by atoms with van der Waals surface area (Å²) in [6.45, 7) is 9.38. The van der Waals surface area contributed by atoms with E-state index in [0.29, 0.717) is 0 Å². The zero-order chi connectivity index (χ0) is 16.4. The zero-order valence-corrected chi connectivity index (χ0v) is 11.0. The van der Waals surface area contributed by atoms with Crippen molar-refractivity contribution in [3.8, 4) is 0 Å². The van der Waals surface area contributed by atoms with Gasteiger partial charge in [-0.25, -0.2) is 0 Å². The molecule has 21 heavy (non-hydrogen) atoms. The molecule has 0 saturated heterocycles. The van der Waals surface area contributed by atoms with E-state index in [1.807, 2.05) is 0 Å². The standard InChI is InChI=1S/C13H14O8/c1-4-19-11(16)8(7-9(14)15)10(12(17)20-5-2)13(18)21-6-3/h4-6,8,10H,1-3,7H2,(H,14,15). The minimum absolute atomic E-state index is 0.729. The fourth-order valence-electron chi connectivity index (χ4n) is 1.43. The summed E-state index contributed by atoms with van der Waals surface area (Å²) < 4.78 is 13.3. The van der Waals surface area contributed by atoms with Gasteiger partial charge in [-0.1, -0.05) is 19.7 Å². The molecule has 0 aliphatic heterocycles. The van der Waals surface area contributed by atoms with Gasteiger partial charge in [0.1, 0.15) is 0 Å². The maximum atomic E-state index is 11.7. The molecule has 0 rings (SSSR count). The second-order valence-electron chi connectivity index (χ2n) is 3.49. The van der Waals surface area contributed by atoms with E-state index >= 15 is 0 Å². The van der Waals surface area contributed by atoms with Crippen molar-refractivity contribution in [1.29, 1.82) is 0 Å². The Morgan fingerprint density at radius 3 is 1.57 bits per heavy atom. The summed E-state index contributed by atoms with van der Waals surface area (Å²) in [5, 5.41) is 8.80. The number of aliphatic carboxylic acids is 1. The number of ether oxygens (including phenoxy) is 3. The van der Waals surface area contributed by atoms with Crippen molar-refractivity contribution < 1.29 is 38.5 Å². The van der Waals surface area contributed by atoms with Crippen LogP contribution in [0.15, 0.2) is 38.5 Å². The monoisotopic (exact) mass is 298 g/mol. The zero-order valence-electron chi connectivity index (χ0n) is 11.0. The molecule has 8 heteroatoms. The average Bonchev–Trinajstić information content (AvgIpc) is 2.38. The number of carbonyl (C=O) groups is 4. The Labute approximate surface area is 120 Å². The van der Waals surface area contributed by atoms with Gasteiger partial charge in [-0.15, -0.1) is 0 Å². The van der Waals surface area contributed by atoms with Gasteiger partial charge in [0.15, 0.2) is 5.92 Å². The van der Waals surface area contributed by atoms with Crippen LogP contribution in [0.3, 0.4) is 0 Å². The van der Waals surface area contributed by atoms with Crippen LogP contribution >= 0.6 is 0 Å². The molecule has 0 aliphatic carbocycles. The van der Waals surface area contributed by atoms with Gasteiger partial charge in [-0.05, 0) is 0 Å². The SMILES string of the molecule is C=COC(=O)C(CC(=O)O)C(C(=O)OC=C)C(=O)OC=C. The van der Waals surface area contributed by atoms with Crippen LogP contribution in [0.4, 0.5) is 0 Å². The smallest absolute Gasteiger partial charge is 0.326 e. The largest absolute Gasteiger partial charge is 0.481 e. The molecule has 1 atom stereocenters. The van der Waals surface area contributed by atoms with Gasteiger partial charge in [-0.2, -0.15) is 0 Å². The topological polar surface area (TPSA) is 116 Å². The predicted molar refractivity (Wildman–Crippen MR) is 68.1 cm³/mol. The molecule has 0 bridgehead atoms. The average molecular weight is 298 g/mol. The van der Waals surface area contributed by atoms with Crippen molar-refractivity contribution in [3.05, 3.63) is 38.5 Å². The lowest BCUT2D eigenvalue weighted by Gasteiger charge is -2.19. The van der Waals surface area contributed by atoms with Crippen LogP contribution in [0.2, 0.25) is 0 Å². The van der Waals surface area contributed by atoms with Gasteiger partial charge < -0.3 is 19.3 Å². The van der Waals surface area contributed by atoms with E-state index in [1.54, 1.807) is 0 Å². The van der Waals surface area contributed by atoms with E-state index in [1.165, 1.54) is 0 Å². The van der Waals surface area contributed by atoms with E-state index in [-0.39, 0.29) is 0 Å². The summed E-state index contributed by atoms with van der Waals surface area (Å²) in [5.41, 5.74) is 0. The third-order valence-corrected chi connectivity index (χ3v) is 2.21. The Balaban J connectivity index is 5.56. The highest BCUT2D eigenvalue weighted by molar-refractivity contribution is 6.00. The predicted octanol–water partition coefficient (Wildman–Crippen LogP) is 0.754. The van der Waals surface area contributed by atoms with E-state index in [0.717, 1.165) is 18.8 Å². The van der Waals surface area contributed by atoms with Crippen LogP contribution < -0.4 is 0 Å². The van der Waals surface area contributed by atoms with Crippen molar-refractivity contribution >= 4 is 23.9 Å². The third-order valence-electron chi connectivity index (χ3n) is 2.21. The highest BCUT2D eigenvalue weighted by Gasteiger charge is 2.43. The number of carboxylic acids is 1. The van der Waals surface area contributed by atoms with Crippen LogP contribution in [0, 0.1) is 11.8 Å².